The van der Waals surface area contributed by atoms with Crippen LogP contribution in [0.5, 0.6) is 0 Å². The summed E-state index contributed by atoms with van der Waals surface area (Å²) in [7, 11) is 0. The SMILES string of the molecule is CC(NC(=O)NCCCn1cccn1)C1CCCO1. The van der Waals surface area contributed by atoms with Gasteiger partial charge in [-0.3, -0.25) is 4.68 Å². The fourth-order valence-corrected chi connectivity index (χ4v) is 2.22. The molecule has 1 saturated heterocycles. The molecule has 6 nitrogen and oxygen atoms in total. The van der Waals surface area contributed by atoms with Gasteiger partial charge in [0.15, 0.2) is 0 Å². The van der Waals surface area contributed by atoms with E-state index in [0.717, 1.165) is 32.4 Å². The summed E-state index contributed by atoms with van der Waals surface area (Å²) in [5, 5.41) is 9.88. The topological polar surface area (TPSA) is 68.2 Å². The highest BCUT2D eigenvalue weighted by Crippen LogP contribution is 2.15. The zero-order valence-electron chi connectivity index (χ0n) is 11.3. The number of urea groups is 1. The highest BCUT2D eigenvalue weighted by atomic mass is 16.5. The molecule has 2 rings (SSSR count). The van der Waals surface area contributed by atoms with Gasteiger partial charge in [0.25, 0.3) is 0 Å². The number of nitrogens with zero attached hydrogens (tertiary/aromatic N) is 2. The summed E-state index contributed by atoms with van der Waals surface area (Å²) in [5.74, 6) is 0. The molecule has 0 aliphatic carbocycles. The molecule has 106 valence electrons. The zero-order chi connectivity index (χ0) is 13.5. The number of hydrogen-bond donors (Lipinski definition) is 2. The number of nitrogens with one attached hydrogen (secondary N) is 2. The predicted octanol–water partition coefficient (Wildman–Crippen LogP) is 1.14. The second-order valence-corrected chi connectivity index (χ2v) is 4.86. The summed E-state index contributed by atoms with van der Waals surface area (Å²) >= 11 is 0. The van der Waals surface area contributed by atoms with Crippen molar-refractivity contribution >= 4 is 6.03 Å². The van der Waals surface area contributed by atoms with Crippen molar-refractivity contribution < 1.29 is 9.53 Å². The first-order chi connectivity index (χ1) is 9.25. The fourth-order valence-electron chi connectivity index (χ4n) is 2.22. The van der Waals surface area contributed by atoms with Crippen LogP contribution in [0.2, 0.25) is 0 Å². The van der Waals surface area contributed by atoms with Crippen molar-refractivity contribution in [3.8, 4) is 0 Å². The van der Waals surface area contributed by atoms with Crippen LogP contribution in [0, 0.1) is 0 Å². The highest BCUT2D eigenvalue weighted by Gasteiger charge is 2.23. The van der Waals surface area contributed by atoms with E-state index in [2.05, 4.69) is 15.7 Å². The van der Waals surface area contributed by atoms with Gasteiger partial charge in [-0.15, -0.1) is 0 Å². The van der Waals surface area contributed by atoms with Gasteiger partial charge >= 0.3 is 6.03 Å². The maximum absolute atomic E-state index is 11.7. The van der Waals surface area contributed by atoms with E-state index in [-0.39, 0.29) is 18.2 Å². The minimum Gasteiger partial charge on any atom is -0.376 e. The third kappa shape index (κ3) is 4.55. The van der Waals surface area contributed by atoms with Crippen molar-refractivity contribution in [2.75, 3.05) is 13.2 Å². The van der Waals surface area contributed by atoms with Crippen molar-refractivity contribution in [2.45, 2.75) is 44.9 Å². The number of aromatic nitrogens is 2. The molecule has 2 amide bonds. The number of ether oxygens (including phenoxy) is 1. The Morgan fingerprint density at radius 3 is 3.21 bits per heavy atom. The predicted molar refractivity (Wildman–Crippen MR) is 71.8 cm³/mol. The van der Waals surface area contributed by atoms with Gasteiger partial charge in [-0.25, -0.2) is 4.79 Å². The number of hydrogen-bond acceptors (Lipinski definition) is 3. The third-order valence-electron chi connectivity index (χ3n) is 3.29. The first kappa shape index (κ1) is 13.9. The molecular weight excluding hydrogens is 244 g/mol. The normalized spacial score (nSPS) is 20.2. The molecule has 19 heavy (non-hydrogen) atoms. The lowest BCUT2D eigenvalue weighted by Crippen LogP contribution is -2.46. The smallest absolute Gasteiger partial charge is 0.315 e. The molecule has 0 saturated carbocycles. The maximum atomic E-state index is 11.7. The van der Waals surface area contributed by atoms with Crippen molar-refractivity contribution in [2.24, 2.45) is 0 Å². The molecule has 2 unspecified atom stereocenters. The van der Waals surface area contributed by atoms with Crippen LogP contribution in [0.25, 0.3) is 0 Å². The lowest BCUT2D eigenvalue weighted by atomic mass is 10.1. The summed E-state index contributed by atoms with van der Waals surface area (Å²) in [6, 6.07) is 1.83. The van der Waals surface area contributed by atoms with Crippen LogP contribution in [0.3, 0.4) is 0 Å². The number of carbonyl (C=O) groups is 1. The Morgan fingerprint density at radius 2 is 2.53 bits per heavy atom. The van der Waals surface area contributed by atoms with Crippen LogP contribution in [0.15, 0.2) is 18.5 Å². The van der Waals surface area contributed by atoms with Crippen LogP contribution < -0.4 is 10.6 Å². The molecule has 2 N–H and O–H groups in total. The van der Waals surface area contributed by atoms with E-state index in [9.17, 15) is 4.79 Å². The van der Waals surface area contributed by atoms with Crippen molar-refractivity contribution in [3.63, 3.8) is 0 Å². The third-order valence-corrected chi connectivity index (χ3v) is 3.29. The molecule has 1 aromatic heterocycles. The minimum absolute atomic E-state index is 0.0635. The van der Waals surface area contributed by atoms with Crippen LogP contribution in [0.1, 0.15) is 26.2 Å². The van der Waals surface area contributed by atoms with E-state index in [1.54, 1.807) is 6.20 Å². The Morgan fingerprint density at radius 1 is 1.63 bits per heavy atom. The van der Waals surface area contributed by atoms with Gasteiger partial charge in [-0.1, -0.05) is 0 Å². The molecule has 1 aromatic rings. The molecule has 1 aliphatic heterocycles. The van der Waals surface area contributed by atoms with E-state index in [1.165, 1.54) is 0 Å². The molecule has 0 spiro atoms. The zero-order valence-corrected chi connectivity index (χ0v) is 11.3. The molecular formula is C13H22N4O2. The lowest BCUT2D eigenvalue weighted by Gasteiger charge is -2.20. The molecule has 6 heteroatoms. The summed E-state index contributed by atoms with van der Waals surface area (Å²) in [5.41, 5.74) is 0. The monoisotopic (exact) mass is 266 g/mol. The van der Waals surface area contributed by atoms with Crippen LogP contribution in [-0.2, 0) is 11.3 Å². The number of aryl methyl sites for hydroxylation is 1. The number of carbonyl (C=O) groups excluding carboxylic acids is 1. The van der Waals surface area contributed by atoms with E-state index in [1.807, 2.05) is 23.9 Å². The van der Waals surface area contributed by atoms with Gasteiger partial charge in [0.05, 0.1) is 12.1 Å². The van der Waals surface area contributed by atoms with E-state index in [0.29, 0.717) is 6.54 Å². The Balaban J connectivity index is 1.56. The Kier molecular flexibility index (Phi) is 5.20. The minimum atomic E-state index is -0.122. The maximum Gasteiger partial charge on any atom is 0.315 e. The first-order valence-corrected chi connectivity index (χ1v) is 6.89. The average molecular weight is 266 g/mol. The van der Waals surface area contributed by atoms with Gasteiger partial charge in [-0.05, 0) is 32.3 Å². The summed E-state index contributed by atoms with van der Waals surface area (Å²) in [6.07, 6.45) is 6.81. The largest absolute Gasteiger partial charge is 0.376 e. The summed E-state index contributed by atoms with van der Waals surface area (Å²) in [4.78, 5) is 11.7. The van der Waals surface area contributed by atoms with Crippen molar-refractivity contribution in [1.29, 1.82) is 0 Å². The average Bonchev–Trinajstić information content (AvgIpc) is 3.07. The quantitative estimate of drug-likeness (QED) is 0.759. The van der Waals surface area contributed by atoms with Crippen molar-refractivity contribution in [1.82, 2.24) is 20.4 Å². The molecule has 1 aliphatic rings. The molecule has 1 fully saturated rings. The fraction of sp³-hybridized carbons (Fsp3) is 0.692. The van der Waals surface area contributed by atoms with Gasteiger partial charge in [0.1, 0.15) is 0 Å². The molecule has 2 atom stereocenters. The number of rotatable bonds is 6. The standard InChI is InChI=1S/C13H22N4O2/c1-11(12-5-2-10-19-12)16-13(18)14-6-3-8-17-9-4-7-15-17/h4,7,9,11-12H,2-3,5-6,8,10H2,1H3,(H2,14,16,18). The van der Waals surface area contributed by atoms with Crippen LogP contribution >= 0.6 is 0 Å². The molecule has 0 bridgehead atoms. The number of amides is 2. The van der Waals surface area contributed by atoms with Gasteiger partial charge in [0.2, 0.25) is 0 Å². The van der Waals surface area contributed by atoms with Gasteiger partial charge < -0.3 is 15.4 Å². The van der Waals surface area contributed by atoms with E-state index < -0.39 is 0 Å². The van der Waals surface area contributed by atoms with E-state index >= 15 is 0 Å². The van der Waals surface area contributed by atoms with Gasteiger partial charge in [0, 0.05) is 32.1 Å². The first-order valence-electron chi connectivity index (χ1n) is 6.89. The molecule has 0 radical (unpaired) electrons. The molecule has 0 aromatic carbocycles. The van der Waals surface area contributed by atoms with E-state index in [4.69, 9.17) is 4.74 Å². The second-order valence-electron chi connectivity index (χ2n) is 4.86. The lowest BCUT2D eigenvalue weighted by molar-refractivity contribution is 0.0860. The van der Waals surface area contributed by atoms with Crippen LogP contribution in [0.4, 0.5) is 4.79 Å². The molecule has 2 heterocycles. The van der Waals surface area contributed by atoms with Gasteiger partial charge in [-0.2, -0.15) is 5.10 Å². The Hall–Kier alpha value is -1.56. The van der Waals surface area contributed by atoms with Crippen LogP contribution in [-0.4, -0.2) is 41.1 Å². The summed E-state index contributed by atoms with van der Waals surface area (Å²) in [6.45, 7) is 4.25. The Labute approximate surface area is 113 Å². The summed E-state index contributed by atoms with van der Waals surface area (Å²) < 4.78 is 7.39. The Bertz CT molecular complexity index is 374. The van der Waals surface area contributed by atoms with Crippen molar-refractivity contribution in [3.05, 3.63) is 18.5 Å². The highest BCUT2D eigenvalue weighted by molar-refractivity contribution is 5.74. The second kappa shape index (κ2) is 7.13.